The Labute approximate surface area is 116 Å². The smallest absolute Gasteiger partial charge is 0.241 e. The molecule has 0 radical (unpaired) electrons. The number of aliphatic hydroxyl groups is 1. The van der Waals surface area contributed by atoms with Gasteiger partial charge in [-0.25, -0.2) is 9.37 Å². The maximum absolute atomic E-state index is 13.6. The van der Waals surface area contributed by atoms with Crippen molar-refractivity contribution < 1.29 is 19.0 Å². The highest BCUT2D eigenvalue weighted by atomic mass is 19.1. The summed E-state index contributed by atoms with van der Waals surface area (Å²) in [7, 11) is 2.87. The van der Waals surface area contributed by atoms with E-state index in [2.05, 4.69) is 9.97 Å². The highest BCUT2D eigenvalue weighted by Crippen LogP contribution is 2.28. The third-order valence-electron chi connectivity index (χ3n) is 2.92. The number of nitrogens with zero attached hydrogens (tertiary/aromatic N) is 2. The Balaban J connectivity index is 2.41. The van der Waals surface area contributed by atoms with Crippen molar-refractivity contribution in [2.75, 3.05) is 14.2 Å². The van der Waals surface area contributed by atoms with Gasteiger partial charge in [-0.2, -0.15) is 4.98 Å². The third kappa shape index (κ3) is 2.70. The molecule has 0 spiro atoms. The van der Waals surface area contributed by atoms with Gasteiger partial charge in [-0.1, -0.05) is 12.1 Å². The molecule has 106 valence electrons. The van der Waals surface area contributed by atoms with Gasteiger partial charge in [0.2, 0.25) is 11.8 Å². The average molecular weight is 278 g/mol. The molecule has 0 aliphatic carbocycles. The van der Waals surface area contributed by atoms with Crippen LogP contribution in [0.1, 0.15) is 22.9 Å². The summed E-state index contributed by atoms with van der Waals surface area (Å²) >= 11 is 0. The van der Waals surface area contributed by atoms with Gasteiger partial charge in [0.15, 0.2) is 0 Å². The predicted octanol–water partition coefficient (Wildman–Crippen LogP) is 2.02. The second-order valence-electron chi connectivity index (χ2n) is 4.22. The summed E-state index contributed by atoms with van der Waals surface area (Å²) in [5, 5.41) is 10.3. The summed E-state index contributed by atoms with van der Waals surface area (Å²) < 4.78 is 23.6. The van der Waals surface area contributed by atoms with Crippen LogP contribution in [0, 0.1) is 12.7 Å². The number of hydrogen-bond donors (Lipinski definition) is 1. The number of methoxy groups -OCH3 is 2. The van der Waals surface area contributed by atoms with Crippen molar-refractivity contribution in [1.29, 1.82) is 0 Å². The van der Waals surface area contributed by atoms with Crippen LogP contribution in [0.4, 0.5) is 4.39 Å². The van der Waals surface area contributed by atoms with E-state index >= 15 is 0 Å². The highest BCUT2D eigenvalue weighted by Gasteiger charge is 2.20. The fraction of sp³-hybridized carbons (Fsp3) is 0.286. The van der Waals surface area contributed by atoms with Crippen LogP contribution < -0.4 is 9.47 Å². The molecule has 0 amide bonds. The van der Waals surface area contributed by atoms with E-state index in [0.717, 1.165) is 0 Å². The van der Waals surface area contributed by atoms with Crippen LogP contribution in [0.2, 0.25) is 0 Å². The van der Waals surface area contributed by atoms with Crippen LogP contribution in [0.3, 0.4) is 0 Å². The minimum absolute atomic E-state index is 0.137. The van der Waals surface area contributed by atoms with Crippen LogP contribution in [0.25, 0.3) is 0 Å². The quantitative estimate of drug-likeness (QED) is 0.927. The first kappa shape index (κ1) is 14.2. The number of aromatic nitrogens is 2. The van der Waals surface area contributed by atoms with Crippen molar-refractivity contribution >= 4 is 0 Å². The molecular weight excluding hydrogens is 263 g/mol. The lowest BCUT2D eigenvalue weighted by Crippen LogP contribution is -2.08. The van der Waals surface area contributed by atoms with Crippen LogP contribution in [-0.2, 0) is 0 Å². The number of aliphatic hydroxyl groups excluding tert-OH is 1. The largest absolute Gasteiger partial charge is 0.480 e. The molecule has 2 rings (SSSR count). The van der Waals surface area contributed by atoms with E-state index < -0.39 is 6.10 Å². The molecule has 1 aromatic carbocycles. The van der Waals surface area contributed by atoms with Gasteiger partial charge in [0.25, 0.3) is 0 Å². The molecule has 0 bridgehead atoms. The van der Waals surface area contributed by atoms with Gasteiger partial charge in [0.1, 0.15) is 17.6 Å². The molecule has 0 fully saturated rings. The average Bonchev–Trinajstić information content (AvgIpc) is 2.48. The lowest BCUT2D eigenvalue weighted by molar-refractivity contribution is 0.206. The Morgan fingerprint density at radius 2 is 2.00 bits per heavy atom. The van der Waals surface area contributed by atoms with Gasteiger partial charge in [-0.15, -0.1) is 0 Å². The zero-order chi connectivity index (χ0) is 14.7. The Morgan fingerprint density at radius 1 is 1.25 bits per heavy atom. The molecular formula is C14H15FN2O3. The Hall–Kier alpha value is -2.21. The molecule has 0 saturated carbocycles. The minimum Gasteiger partial charge on any atom is -0.480 e. The van der Waals surface area contributed by atoms with E-state index in [1.807, 2.05) is 0 Å². The van der Waals surface area contributed by atoms with Gasteiger partial charge >= 0.3 is 0 Å². The lowest BCUT2D eigenvalue weighted by atomic mass is 10.0. The van der Waals surface area contributed by atoms with Crippen LogP contribution in [-0.4, -0.2) is 29.3 Å². The molecule has 0 saturated heterocycles. The van der Waals surface area contributed by atoms with Gasteiger partial charge in [-0.3, -0.25) is 0 Å². The number of ether oxygens (including phenoxy) is 2. The van der Waals surface area contributed by atoms with E-state index in [9.17, 15) is 9.50 Å². The SMILES string of the molecule is COc1cnc(C(O)c2ccc(C)c(F)c2)c(OC)n1. The lowest BCUT2D eigenvalue weighted by Gasteiger charge is -2.14. The van der Waals surface area contributed by atoms with Gasteiger partial charge in [0, 0.05) is 0 Å². The molecule has 5 nitrogen and oxygen atoms in total. The fourth-order valence-electron chi connectivity index (χ4n) is 1.74. The van der Waals surface area contributed by atoms with Crippen molar-refractivity contribution in [3.05, 3.63) is 47.0 Å². The molecule has 0 aliphatic rings. The molecule has 6 heteroatoms. The molecule has 20 heavy (non-hydrogen) atoms. The number of hydrogen-bond acceptors (Lipinski definition) is 5. The van der Waals surface area contributed by atoms with Gasteiger partial charge in [0.05, 0.1) is 20.4 Å². The molecule has 1 unspecified atom stereocenters. The van der Waals surface area contributed by atoms with Crippen molar-refractivity contribution in [2.24, 2.45) is 0 Å². The normalized spacial score (nSPS) is 12.1. The second-order valence-corrected chi connectivity index (χ2v) is 4.22. The predicted molar refractivity (Wildman–Crippen MR) is 70.3 cm³/mol. The zero-order valence-corrected chi connectivity index (χ0v) is 11.4. The monoisotopic (exact) mass is 278 g/mol. The Kier molecular flexibility index (Phi) is 4.14. The van der Waals surface area contributed by atoms with Gasteiger partial charge < -0.3 is 14.6 Å². The molecule has 2 aromatic rings. The first-order valence-electron chi connectivity index (χ1n) is 5.96. The standard InChI is InChI=1S/C14H15FN2O3/c1-8-4-5-9(6-10(8)15)13(18)12-14(20-3)17-11(19-2)7-16-12/h4-7,13,18H,1-3H3. The summed E-state index contributed by atoms with van der Waals surface area (Å²) in [4.78, 5) is 8.10. The molecule has 1 heterocycles. The van der Waals surface area contributed by atoms with E-state index in [-0.39, 0.29) is 23.3 Å². The Morgan fingerprint density at radius 3 is 2.60 bits per heavy atom. The maximum Gasteiger partial charge on any atom is 0.241 e. The van der Waals surface area contributed by atoms with E-state index in [0.29, 0.717) is 11.1 Å². The summed E-state index contributed by atoms with van der Waals surface area (Å²) in [6.07, 6.45) is 0.240. The van der Waals surface area contributed by atoms with Gasteiger partial charge in [-0.05, 0) is 24.1 Å². The maximum atomic E-state index is 13.6. The first-order valence-corrected chi connectivity index (χ1v) is 5.96. The summed E-state index contributed by atoms with van der Waals surface area (Å²) in [6.45, 7) is 1.65. The molecule has 1 aromatic heterocycles. The molecule has 1 atom stereocenters. The van der Waals surface area contributed by atoms with E-state index in [4.69, 9.17) is 9.47 Å². The summed E-state index contributed by atoms with van der Waals surface area (Å²) in [5.74, 6) is 0.0210. The van der Waals surface area contributed by atoms with Crippen LogP contribution >= 0.6 is 0 Å². The first-order chi connectivity index (χ1) is 9.56. The van der Waals surface area contributed by atoms with Crippen molar-refractivity contribution in [1.82, 2.24) is 9.97 Å². The van der Waals surface area contributed by atoms with E-state index in [1.54, 1.807) is 19.1 Å². The molecule has 0 aliphatic heterocycles. The number of halogens is 1. The number of benzene rings is 1. The summed E-state index contributed by atoms with van der Waals surface area (Å²) in [6, 6.07) is 4.50. The van der Waals surface area contributed by atoms with Crippen LogP contribution in [0.15, 0.2) is 24.4 Å². The molecule has 1 N–H and O–H groups in total. The topological polar surface area (TPSA) is 64.5 Å². The number of aryl methyl sites for hydroxylation is 1. The number of rotatable bonds is 4. The summed E-state index contributed by atoms with van der Waals surface area (Å²) in [5.41, 5.74) is 1.09. The van der Waals surface area contributed by atoms with Crippen molar-refractivity contribution in [3.63, 3.8) is 0 Å². The third-order valence-corrected chi connectivity index (χ3v) is 2.92. The Bertz CT molecular complexity index is 619. The fourth-order valence-corrected chi connectivity index (χ4v) is 1.74. The second kappa shape index (κ2) is 5.83. The zero-order valence-electron chi connectivity index (χ0n) is 11.4. The minimum atomic E-state index is -1.13. The van der Waals surface area contributed by atoms with Crippen molar-refractivity contribution in [3.8, 4) is 11.8 Å². The highest BCUT2D eigenvalue weighted by molar-refractivity contribution is 5.34. The van der Waals surface area contributed by atoms with Crippen molar-refractivity contribution in [2.45, 2.75) is 13.0 Å². The van der Waals surface area contributed by atoms with Crippen LogP contribution in [0.5, 0.6) is 11.8 Å². The van der Waals surface area contributed by atoms with E-state index in [1.165, 1.54) is 26.5 Å².